The van der Waals surface area contributed by atoms with E-state index in [1.807, 2.05) is 0 Å². The minimum Gasteiger partial charge on any atom is -0.383 e. The first-order valence-electron chi connectivity index (χ1n) is 8.40. The van der Waals surface area contributed by atoms with Crippen molar-refractivity contribution in [3.63, 3.8) is 0 Å². The van der Waals surface area contributed by atoms with E-state index in [0.29, 0.717) is 0 Å². The fourth-order valence-corrected chi connectivity index (χ4v) is 3.93. The van der Waals surface area contributed by atoms with Crippen LogP contribution in [0.5, 0.6) is 0 Å². The molecule has 0 aromatic heterocycles. The lowest BCUT2D eigenvalue weighted by Crippen LogP contribution is -2.34. The van der Waals surface area contributed by atoms with Gasteiger partial charge < -0.3 is 15.0 Å². The number of ether oxygens (including phenoxy) is 1. The van der Waals surface area contributed by atoms with Crippen LogP contribution in [0.25, 0.3) is 0 Å². The monoisotopic (exact) mass is 288 g/mol. The molecule has 0 saturated carbocycles. The second-order valence-electron chi connectivity index (χ2n) is 6.33. The smallest absolute Gasteiger partial charge is 0.0637 e. The zero-order valence-corrected chi connectivity index (χ0v) is 13.5. The van der Waals surface area contributed by atoms with Crippen molar-refractivity contribution in [1.29, 1.82) is 0 Å². The number of aryl methyl sites for hydroxylation is 2. The highest BCUT2D eigenvalue weighted by atomic mass is 16.5. The summed E-state index contributed by atoms with van der Waals surface area (Å²) < 4.78 is 5.30. The van der Waals surface area contributed by atoms with Gasteiger partial charge in [-0.3, -0.25) is 0 Å². The average molecular weight is 288 g/mol. The van der Waals surface area contributed by atoms with E-state index in [0.717, 1.165) is 26.2 Å². The number of benzene rings is 1. The molecule has 1 N–H and O–H groups in total. The van der Waals surface area contributed by atoms with Gasteiger partial charge in [-0.05, 0) is 74.4 Å². The van der Waals surface area contributed by atoms with Crippen LogP contribution in [0.2, 0.25) is 0 Å². The third-order valence-corrected chi connectivity index (χ3v) is 4.96. The Morgan fingerprint density at radius 3 is 2.86 bits per heavy atom. The first-order chi connectivity index (χ1) is 10.3. The lowest BCUT2D eigenvalue weighted by Gasteiger charge is -2.35. The van der Waals surface area contributed by atoms with E-state index in [9.17, 15) is 0 Å². The summed E-state index contributed by atoms with van der Waals surface area (Å²) in [6.07, 6.45) is 6.18. The topological polar surface area (TPSA) is 24.5 Å². The Morgan fingerprint density at radius 1 is 1.14 bits per heavy atom. The number of anilines is 1. The largest absolute Gasteiger partial charge is 0.383 e. The maximum absolute atomic E-state index is 5.30. The number of hydrogen-bond donors (Lipinski definition) is 1. The molecule has 2 heterocycles. The van der Waals surface area contributed by atoms with Gasteiger partial charge in [0.1, 0.15) is 0 Å². The SMILES string of the molecule is COCCN1CCCc2cc3c(c(C)c21)CCNCCC3. The third-order valence-electron chi connectivity index (χ3n) is 4.96. The van der Waals surface area contributed by atoms with E-state index >= 15 is 0 Å². The number of fused-ring (bicyclic) bond motifs is 2. The molecule has 0 bridgehead atoms. The van der Waals surface area contributed by atoms with Gasteiger partial charge in [0, 0.05) is 25.9 Å². The zero-order chi connectivity index (χ0) is 14.7. The van der Waals surface area contributed by atoms with Crippen molar-refractivity contribution in [1.82, 2.24) is 5.32 Å². The second kappa shape index (κ2) is 6.80. The van der Waals surface area contributed by atoms with Gasteiger partial charge in [-0.25, -0.2) is 0 Å². The van der Waals surface area contributed by atoms with Crippen LogP contribution >= 0.6 is 0 Å². The van der Waals surface area contributed by atoms with Crippen LogP contribution in [-0.2, 0) is 24.0 Å². The molecular weight excluding hydrogens is 260 g/mol. The summed E-state index contributed by atoms with van der Waals surface area (Å²) in [5.74, 6) is 0. The van der Waals surface area contributed by atoms with Crippen molar-refractivity contribution in [2.75, 3.05) is 44.8 Å². The Kier molecular flexibility index (Phi) is 4.81. The van der Waals surface area contributed by atoms with Crippen molar-refractivity contribution < 1.29 is 4.74 Å². The molecule has 3 nitrogen and oxygen atoms in total. The van der Waals surface area contributed by atoms with E-state index in [1.54, 1.807) is 23.8 Å². The number of hydrogen-bond acceptors (Lipinski definition) is 3. The van der Waals surface area contributed by atoms with Crippen LogP contribution in [0, 0.1) is 6.92 Å². The van der Waals surface area contributed by atoms with Gasteiger partial charge in [0.2, 0.25) is 0 Å². The molecule has 1 aromatic rings. The molecule has 0 spiro atoms. The lowest BCUT2D eigenvalue weighted by molar-refractivity contribution is 0.205. The fraction of sp³-hybridized carbons (Fsp3) is 0.667. The quantitative estimate of drug-likeness (QED) is 0.925. The fourth-order valence-electron chi connectivity index (χ4n) is 3.93. The Morgan fingerprint density at radius 2 is 2.00 bits per heavy atom. The number of rotatable bonds is 3. The molecule has 0 fully saturated rings. The summed E-state index contributed by atoms with van der Waals surface area (Å²) >= 11 is 0. The van der Waals surface area contributed by atoms with E-state index < -0.39 is 0 Å². The van der Waals surface area contributed by atoms with Crippen molar-refractivity contribution in [3.8, 4) is 0 Å². The molecule has 0 unspecified atom stereocenters. The van der Waals surface area contributed by atoms with Crippen molar-refractivity contribution in [3.05, 3.63) is 28.3 Å². The van der Waals surface area contributed by atoms with E-state index in [2.05, 4.69) is 23.2 Å². The summed E-state index contributed by atoms with van der Waals surface area (Å²) in [4.78, 5) is 2.55. The second-order valence-corrected chi connectivity index (χ2v) is 6.33. The zero-order valence-electron chi connectivity index (χ0n) is 13.5. The molecule has 21 heavy (non-hydrogen) atoms. The van der Waals surface area contributed by atoms with Gasteiger partial charge in [-0.2, -0.15) is 0 Å². The number of methoxy groups -OCH3 is 1. The van der Waals surface area contributed by atoms with Gasteiger partial charge in [-0.15, -0.1) is 0 Å². The summed E-state index contributed by atoms with van der Waals surface area (Å²) in [5, 5.41) is 3.55. The van der Waals surface area contributed by atoms with Crippen molar-refractivity contribution in [2.45, 2.75) is 39.0 Å². The van der Waals surface area contributed by atoms with Crippen LogP contribution in [0.3, 0.4) is 0 Å². The first-order valence-corrected chi connectivity index (χ1v) is 8.40. The van der Waals surface area contributed by atoms with Gasteiger partial charge in [0.05, 0.1) is 6.61 Å². The third kappa shape index (κ3) is 3.09. The molecule has 1 aromatic carbocycles. The Balaban J connectivity index is 1.98. The number of nitrogens with zero attached hydrogens (tertiary/aromatic N) is 1. The van der Waals surface area contributed by atoms with E-state index in [1.165, 1.54) is 49.9 Å². The summed E-state index contributed by atoms with van der Waals surface area (Å²) in [6.45, 7) is 7.62. The molecule has 3 rings (SSSR count). The van der Waals surface area contributed by atoms with Crippen LogP contribution in [0.1, 0.15) is 35.1 Å². The van der Waals surface area contributed by atoms with Gasteiger partial charge >= 0.3 is 0 Å². The summed E-state index contributed by atoms with van der Waals surface area (Å²) in [6, 6.07) is 2.52. The predicted octanol–water partition coefficient (Wildman–Crippen LogP) is 2.47. The molecule has 116 valence electrons. The first kappa shape index (κ1) is 14.9. The summed E-state index contributed by atoms with van der Waals surface area (Å²) in [5.41, 5.74) is 7.83. The Labute approximate surface area is 128 Å². The summed E-state index contributed by atoms with van der Waals surface area (Å²) in [7, 11) is 1.80. The van der Waals surface area contributed by atoms with Crippen LogP contribution < -0.4 is 10.2 Å². The Bertz CT molecular complexity index is 498. The van der Waals surface area contributed by atoms with Gasteiger partial charge in [0.15, 0.2) is 0 Å². The Hall–Kier alpha value is -1.06. The molecule has 2 aliphatic rings. The molecule has 0 radical (unpaired) electrons. The lowest BCUT2D eigenvalue weighted by atomic mass is 9.87. The highest BCUT2D eigenvalue weighted by Gasteiger charge is 2.23. The van der Waals surface area contributed by atoms with E-state index in [4.69, 9.17) is 4.74 Å². The standard InChI is InChI=1S/C18H28N2O/c1-14-17-7-9-19-8-3-5-15(17)13-16-6-4-10-20(18(14)16)11-12-21-2/h13,19H,3-12H2,1-2H3. The highest BCUT2D eigenvalue weighted by Crippen LogP contribution is 2.35. The molecule has 2 aliphatic heterocycles. The normalized spacial score (nSPS) is 18.7. The van der Waals surface area contributed by atoms with E-state index in [-0.39, 0.29) is 0 Å². The molecule has 3 heteroatoms. The maximum Gasteiger partial charge on any atom is 0.0637 e. The maximum atomic E-state index is 5.30. The minimum absolute atomic E-state index is 0.817. The van der Waals surface area contributed by atoms with Crippen molar-refractivity contribution >= 4 is 5.69 Å². The van der Waals surface area contributed by atoms with Gasteiger partial charge in [0.25, 0.3) is 0 Å². The van der Waals surface area contributed by atoms with Crippen LogP contribution in [-0.4, -0.2) is 39.9 Å². The van der Waals surface area contributed by atoms with Crippen molar-refractivity contribution in [2.24, 2.45) is 0 Å². The molecule has 0 amide bonds. The van der Waals surface area contributed by atoms with Gasteiger partial charge in [-0.1, -0.05) is 6.07 Å². The molecule has 0 atom stereocenters. The van der Waals surface area contributed by atoms with Crippen LogP contribution in [0.4, 0.5) is 5.69 Å². The van der Waals surface area contributed by atoms with Crippen LogP contribution in [0.15, 0.2) is 6.07 Å². The highest BCUT2D eigenvalue weighted by molar-refractivity contribution is 5.65. The molecule has 0 saturated heterocycles. The number of nitrogens with one attached hydrogen (secondary N) is 1. The molecular formula is C18H28N2O. The predicted molar refractivity (Wildman–Crippen MR) is 88.5 cm³/mol. The molecule has 0 aliphatic carbocycles. The minimum atomic E-state index is 0.817. The average Bonchev–Trinajstić information content (AvgIpc) is 2.47.